The molecule has 0 radical (unpaired) electrons. The van der Waals surface area contributed by atoms with Crippen LogP contribution in [0.1, 0.15) is 29.6 Å². The van der Waals surface area contributed by atoms with Crippen LogP contribution in [0.3, 0.4) is 0 Å². The van der Waals surface area contributed by atoms with Crippen molar-refractivity contribution in [2.75, 3.05) is 11.0 Å². The summed E-state index contributed by atoms with van der Waals surface area (Å²) in [5, 5.41) is 12.9. The summed E-state index contributed by atoms with van der Waals surface area (Å²) < 4.78 is 28.2. The molecule has 0 saturated heterocycles. The van der Waals surface area contributed by atoms with Crippen LogP contribution in [0.15, 0.2) is 12.1 Å². The third kappa shape index (κ3) is 4.36. The number of unbranched alkanes of at least 4 members (excludes halogenated alkanes) is 2. The van der Waals surface area contributed by atoms with Gasteiger partial charge in [0.05, 0.1) is 4.92 Å². The Balaban J connectivity index is 2.77. The topological polar surface area (TPSA) is 72.2 Å². The highest BCUT2D eigenvalue weighted by Crippen LogP contribution is 2.22. The number of benzene rings is 1. The van der Waals surface area contributed by atoms with E-state index in [4.69, 9.17) is 0 Å². The van der Waals surface area contributed by atoms with Crippen molar-refractivity contribution in [2.24, 2.45) is 0 Å². The van der Waals surface area contributed by atoms with Gasteiger partial charge in [0.2, 0.25) is 5.82 Å². The molecule has 1 aromatic rings. The van der Waals surface area contributed by atoms with Crippen molar-refractivity contribution >= 4 is 34.2 Å². The second-order valence-electron chi connectivity index (χ2n) is 4.02. The number of alkyl halides is 1. The van der Waals surface area contributed by atoms with Crippen LogP contribution in [0, 0.1) is 21.7 Å². The summed E-state index contributed by atoms with van der Waals surface area (Å²) in [5.74, 6) is -3.53. The van der Waals surface area contributed by atoms with Crippen molar-refractivity contribution in [2.45, 2.75) is 19.3 Å². The van der Waals surface area contributed by atoms with Crippen LogP contribution in [0.2, 0.25) is 0 Å². The Morgan fingerprint density at radius 2 is 2.00 bits per heavy atom. The Morgan fingerprint density at radius 1 is 1.30 bits per heavy atom. The number of halogens is 3. The van der Waals surface area contributed by atoms with Crippen LogP contribution in [-0.2, 0) is 0 Å². The highest BCUT2D eigenvalue weighted by molar-refractivity contribution is 14.1. The number of nitro benzene ring substituents is 1. The molecule has 0 heterocycles. The summed E-state index contributed by atoms with van der Waals surface area (Å²) in [7, 11) is 0. The number of nitrogens with zero attached hydrogens (tertiary/aromatic N) is 1. The summed E-state index contributed by atoms with van der Waals surface area (Å²) >= 11 is 2.23. The van der Waals surface area contributed by atoms with Gasteiger partial charge in [-0.25, -0.2) is 4.39 Å². The van der Waals surface area contributed by atoms with E-state index < -0.39 is 33.7 Å². The molecular weight excluding hydrogens is 385 g/mol. The smallest absolute Gasteiger partial charge is 0.305 e. The summed E-state index contributed by atoms with van der Waals surface area (Å²) in [4.78, 5) is 21.2. The van der Waals surface area contributed by atoms with Gasteiger partial charge >= 0.3 is 5.69 Å². The number of hydrogen-bond acceptors (Lipinski definition) is 3. The molecule has 0 aliphatic rings. The summed E-state index contributed by atoms with van der Waals surface area (Å²) in [6, 6.07) is 1.41. The lowest BCUT2D eigenvalue weighted by molar-refractivity contribution is -0.387. The molecule has 0 spiro atoms. The second kappa shape index (κ2) is 8.08. The van der Waals surface area contributed by atoms with Gasteiger partial charge in [-0.2, -0.15) is 4.39 Å². The van der Waals surface area contributed by atoms with Gasteiger partial charge in [-0.1, -0.05) is 29.0 Å². The Hall–Kier alpha value is -1.32. The number of nitro groups is 1. The predicted octanol–water partition coefficient (Wildman–Crippen LogP) is 3.21. The zero-order valence-corrected chi connectivity index (χ0v) is 12.7. The number of carbonyl (C=O) groups excluding carboxylic acids is 1. The van der Waals surface area contributed by atoms with Crippen molar-refractivity contribution in [3.05, 3.63) is 39.4 Å². The standard InChI is InChI=1S/C12H13F2IN2O3/c13-8-4-5-9(17(19)20)11(14)10(8)12(18)16-7-3-1-2-6-15/h4-5H,1-3,6-7H2,(H,16,18). The number of rotatable bonds is 7. The molecule has 20 heavy (non-hydrogen) atoms. The molecule has 110 valence electrons. The van der Waals surface area contributed by atoms with E-state index in [0.717, 1.165) is 17.3 Å². The van der Waals surface area contributed by atoms with Crippen LogP contribution < -0.4 is 5.32 Å². The molecule has 1 amide bonds. The summed E-state index contributed by atoms with van der Waals surface area (Å²) in [5.41, 5.74) is -1.82. The third-order valence-electron chi connectivity index (χ3n) is 2.59. The van der Waals surface area contributed by atoms with Crippen molar-refractivity contribution in [3.63, 3.8) is 0 Å². The fourth-order valence-electron chi connectivity index (χ4n) is 1.58. The minimum atomic E-state index is -1.44. The second-order valence-corrected chi connectivity index (χ2v) is 5.10. The lowest BCUT2D eigenvalue weighted by Crippen LogP contribution is -2.26. The van der Waals surface area contributed by atoms with Crippen LogP contribution in [0.5, 0.6) is 0 Å². The van der Waals surface area contributed by atoms with Crippen LogP contribution in [0.25, 0.3) is 0 Å². The van der Waals surface area contributed by atoms with Crippen LogP contribution in [0.4, 0.5) is 14.5 Å². The van der Waals surface area contributed by atoms with E-state index in [0.29, 0.717) is 18.6 Å². The van der Waals surface area contributed by atoms with Crippen molar-refractivity contribution < 1.29 is 18.5 Å². The minimum absolute atomic E-state index is 0.275. The van der Waals surface area contributed by atoms with Gasteiger partial charge in [-0.15, -0.1) is 0 Å². The zero-order chi connectivity index (χ0) is 15.1. The first-order chi connectivity index (χ1) is 9.49. The lowest BCUT2D eigenvalue weighted by Gasteiger charge is -2.07. The lowest BCUT2D eigenvalue weighted by atomic mass is 10.1. The zero-order valence-electron chi connectivity index (χ0n) is 10.5. The molecule has 0 aliphatic heterocycles. The first kappa shape index (κ1) is 16.7. The minimum Gasteiger partial charge on any atom is -0.352 e. The summed E-state index contributed by atoms with van der Waals surface area (Å²) in [6.07, 6.45) is 2.58. The molecule has 0 unspecified atom stereocenters. The van der Waals surface area contributed by atoms with E-state index in [-0.39, 0.29) is 6.54 Å². The first-order valence-electron chi connectivity index (χ1n) is 5.95. The maximum absolute atomic E-state index is 13.7. The fourth-order valence-corrected chi connectivity index (χ4v) is 2.12. The van der Waals surface area contributed by atoms with Gasteiger partial charge in [0.25, 0.3) is 5.91 Å². The van der Waals surface area contributed by atoms with E-state index in [1.807, 2.05) is 0 Å². The molecule has 1 rings (SSSR count). The monoisotopic (exact) mass is 398 g/mol. The molecule has 1 aromatic carbocycles. The highest BCUT2D eigenvalue weighted by Gasteiger charge is 2.25. The van der Waals surface area contributed by atoms with Crippen LogP contribution >= 0.6 is 22.6 Å². The van der Waals surface area contributed by atoms with E-state index in [1.54, 1.807) is 0 Å². The van der Waals surface area contributed by atoms with Gasteiger partial charge in [0.1, 0.15) is 11.4 Å². The van der Waals surface area contributed by atoms with Gasteiger partial charge in [-0.3, -0.25) is 14.9 Å². The molecule has 0 bridgehead atoms. The van der Waals surface area contributed by atoms with Gasteiger partial charge in [0, 0.05) is 12.6 Å². The normalized spacial score (nSPS) is 10.3. The number of carbonyl (C=O) groups is 1. The molecule has 0 saturated carbocycles. The maximum Gasteiger partial charge on any atom is 0.305 e. The molecule has 0 aromatic heterocycles. The van der Waals surface area contributed by atoms with Crippen molar-refractivity contribution in [1.29, 1.82) is 0 Å². The number of amides is 1. The molecule has 8 heteroatoms. The first-order valence-corrected chi connectivity index (χ1v) is 7.48. The third-order valence-corrected chi connectivity index (χ3v) is 3.35. The van der Waals surface area contributed by atoms with E-state index >= 15 is 0 Å². The van der Waals surface area contributed by atoms with Gasteiger partial charge in [-0.05, 0) is 23.3 Å². The molecule has 0 atom stereocenters. The Bertz CT molecular complexity index is 512. The van der Waals surface area contributed by atoms with E-state index in [2.05, 4.69) is 27.9 Å². The summed E-state index contributed by atoms with van der Waals surface area (Å²) in [6.45, 7) is 0.275. The van der Waals surface area contributed by atoms with Crippen molar-refractivity contribution in [3.8, 4) is 0 Å². The molecule has 1 N–H and O–H groups in total. The quantitative estimate of drug-likeness (QED) is 0.252. The fraction of sp³-hybridized carbons (Fsp3) is 0.417. The van der Waals surface area contributed by atoms with Gasteiger partial charge in [0.15, 0.2) is 0 Å². The molecule has 5 nitrogen and oxygen atoms in total. The molecular formula is C12H13F2IN2O3. The maximum atomic E-state index is 13.7. The Morgan fingerprint density at radius 3 is 2.60 bits per heavy atom. The SMILES string of the molecule is O=C(NCCCCCI)c1c(F)ccc([N+](=O)[O-])c1F. The predicted molar refractivity (Wildman–Crippen MR) is 78.1 cm³/mol. The molecule has 0 aliphatic carbocycles. The largest absolute Gasteiger partial charge is 0.352 e. The van der Waals surface area contributed by atoms with Crippen molar-refractivity contribution in [1.82, 2.24) is 5.32 Å². The average molecular weight is 398 g/mol. The Labute approximate surface area is 128 Å². The number of nitrogens with one attached hydrogen (secondary N) is 1. The Kier molecular flexibility index (Phi) is 6.76. The molecule has 0 fully saturated rings. The average Bonchev–Trinajstić information content (AvgIpc) is 2.38. The highest BCUT2D eigenvalue weighted by atomic mass is 127. The van der Waals surface area contributed by atoms with E-state index in [9.17, 15) is 23.7 Å². The number of hydrogen-bond donors (Lipinski definition) is 1. The van der Waals surface area contributed by atoms with E-state index in [1.165, 1.54) is 0 Å². The van der Waals surface area contributed by atoms with Crippen LogP contribution in [-0.4, -0.2) is 21.8 Å². The van der Waals surface area contributed by atoms with Gasteiger partial charge < -0.3 is 5.32 Å².